The summed E-state index contributed by atoms with van der Waals surface area (Å²) in [4.78, 5) is 33.1. The molecule has 0 bridgehead atoms. The molecule has 1 saturated heterocycles. The van der Waals surface area contributed by atoms with Gasteiger partial charge in [-0.25, -0.2) is 4.39 Å². The van der Waals surface area contributed by atoms with Crippen molar-refractivity contribution in [3.63, 3.8) is 0 Å². The Labute approximate surface area is 227 Å². The fourth-order valence-electron chi connectivity index (χ4n) is 5.61. The number of nitrogens with one attached hydrogen (secondary N) is 2. The molecule has 2 aliphatic heterocycles. The zero-order chi connectivity index (χ0) is 28.4. The molecule has 40 heavy (non-hydrogen) atoms. The lowest BCUT2D eigenvalue weighted by atomic mass is 9.86. The minimum atomic E-state index is -4.64. The number of H-pyrrole nitrogens is 1. The molecule has 1 fully saturated rings. The van der Waals surface area contributed by atoms with E-state index in [0.717, 1.165) is 28.6 Å². The van der Waals surface area contributed by atoms with Crippen LogP contribution >= 0.6 is 0 Å². The van der Waals surface area contributed by atoms with Crippen molar-refractivity contribution in [3.05, 3.63) is 89.4 Å². The Morgan fingerprint density at radius 1 is 1.07 bits per heavy atom. The van der Waals surface area contributed by atoms with E-state index in [1.54, 1.807) is 34.2 Å². The fourth-order valence-corrected chi connectivity index (χ4v) is 5.61. The second kappa shape index (κ2) is 9.11. The zero-order valence-corrected chi connectivity index (χ0v) is 21.8. The number of aromatic amines is 1. The Bertz CT molecular complexity index is 1650. The van der Waals surface area contributed by atoms with Crippen LogP contribution in [0.3, 0.4) is 0 Å². The van der Waals surface area contributed by atoms with E-state index in [4.69, 9.17) is 0 Å². The lowest BCUT2D eigenvalue weighted by Crippen LogP contribution is -2.53. The Kier molecular flexibility index (Phi) is 5.90. The second-order valence-corrected chi connectivity index (χ2v) is 10.9. The molecule has 10 heteroatoms. The standard InChI is InChI=1S/C30H26F4N4O2/c1-29(2)23-8-7-18(27(39)36-25-13-35-24-6-4-3-5-22(24)25)9-26(23)38(28(29)40)16-17-14-37(15-17)21-11-19(30(32,33)34)10-20(31)12-21/h3-13,17,35H,14-16H2,1-2H3,(H,36,39). The van der Waals surface area contributed by atoms with Crippen molar-refractivity contribution in [1.29, 1.82) is 0 Å². The summed E-state index contributed by atoms with van der Waals surface area (Å²) < 4.78 is 53.3. The number of hydrogen-bond donors (Lipinski definition) is 2. The van der Waals surface area contributed by atoms with Crippen LogP contribution in [0, 0.1) is 11.7 Å². The van der Waals surface area contributed by atoms with Gasteiger partial charge in [0.15, 0.2) is 0 Å². The van der Waals surface area contributed by atoms with E-state index in [0.29, 0.717) is 42.6 Å². The summed E-state index contributed by atoms with van der Waals surface area (Å²) in [5.41, 5.74) is 1.72. The Hall–Kier alpha value is -4.34. The van der Waals surface area contributed by atoms with Gasteiger partial charge in [-0.15, -0.1) is 0 Å². The van der Waals surface area contributed by atoms with E-state index < -0.39 is 23.0 Å². The normalized spacial score (nSPS) is 16.8. The topological polar surface area (TPSA) is 68.4 Å². The van der Waals surface area contributed by atoms with Crippen molar-refractivity contribution < 1.29 is 27.2 Å². The average molecular weight is 551 g/mol. The van der Waals surface area contributed by atoms with E-state index in [-0.39, 0.29) is 23.4 Å². The molecule has 0 unspecified atom stereocenters. The summed E-state index contributed by atoms with van der Waals surface area (Å²) in [6.45, 7) is 4.75. The summed E-state index contributed by atoms with van der Waals surface area (Å²) >= 11 is 0. The number of nitrogens with zero attached hydrogens (tertiary/aromatic N) is 2. The van der Waals surface area contributed by atoms with Crippen molar-refractivity contribution in [1.82, 2.24) is 4.98 Å². The predicted molar refractivity (Wildman–Crippen MR) is 145 cm³/mol. The maximum absolute atomic E-state index is 13.9. The van der Waals surface area contributed by atoms with Crippen LogP contribution in [-0.2, 0) is 16.4 Å². The number of halogens is 4. The Balaban J connectivity index is 1.20. The minimum Gasteiger partial charge on any atom is -0.371 e. The van der Waals surface area contributed by atoms with Gasteiger partial charge in [0.25, 0.3) is 5.91 Å². The van der Waals surface area contributed by atoms with Gasteiger partial charge in [-0.2, -0.15) is 13.2 Å². The van der Waals surface area contributed by atoms with Gasteiger partial charge in [0.2, 0.25) is 5.91 Å². The van der Waals surface area contributed by atoms with Crippen LogP contribution in [0.25, 0.3) is 10.9 Å². The first-order valence-electron chi connectivity index (χ1n) is 12.9. The summed E-state index contributed by atoms with van der Waals surface area (Å²) in [5.74, 6) is -1.41. The quantitative estimate of drug-likeness (QED) is 0.285. The largest absolute Gasteiger partial charge is 0.416 e. The number of amides is 2. The molecule has 1 aromatic heterocycles. The fraction of sp³-hybridized carbons (Fsp3) is 0.267. The van der Waals surface area contributed by atoms with Crippen LogP contribution in [-0.4, -0.2) is 36.4 Å². The Morgan fingerprint density at radius 3 is 2.58 bits per heavy atom. The highest BCUT2D eigenvalue weighted by atomic mass is 19.4. The monoisotopic (exact) mass is 550 g/mol. The highest BCUT2D eigenvalue weighted by Crippen LogP contribution is 2.43. The summed E-state index contributed by atoms with van der Waals surface area (Å²) in [7, 11) is 0. The van der Waals surface area contributed by atoms with Crippen LogP contribution in [0.2, 0.25) is 0 Å². The number of carbonyl (C=O) groups is 2. The Morgan fingerprint density at radius 2 is 1.82 bits per heavy atom. The molecule has 2 N–H and O–H groups in total. The lowest BCUT2D eigenvalue weighted by Gasteiger charge is -2.43. The number of fused-ring (bicyclic) bond motifs is 2. The molecule has 0 radical (unpaired) electrons. The van der Waals surface area contributed by atoms with Crippen molar-refractivity contribution in [2.24, 2.45) is 5.92 Å². The number of para-hydroxylation sites is 1. The van der Waals surface area contributed by atoms with Crippen LogP contribution in [0.15, 0.2) is 66.9 Å². The first-order valence-corrected chi connectivity index (χ1v) is 12.9. The lowest BCUT2D eigenvalue weighted by molar-refractivity contribution is -0.137. The van der Waals surface area contributed by atoms with Crippen LogP contribution < -0.4 is 15.1 Å². The molecule has 3 aromatic carbocycles. The second-order valence-electron chi connectivity index (χ2n) is 10.9. The molecule has 4 aromatic rings. The molecule has 6 nitrogen and oxygen atoms in total. The predicted octanol–water partition coefficient (Wildman–Crippen LogP) is 6.34. The van der Waals surface area contributed by atoms with Gasteiger partial charge >= 0.3 is 6.18 Å². The van der Waals surface area contributed by atoms with Gasteiger partial charge in [-0.3, -0.25) is 9.59 Å². The number of alkyl halides is 3. The number of anilines is 3. The molecule has 2 amide bonds. The molecule has 206 valence electrons. The van der Waals surface area contributed by atoms with Gasteiger partial charge in [0, 0.05) is 59.6 Å². The molecule has 0 aliphatic carbocycles. The van der Waals surface area contributed by atoms with Crippen LogP contribution in [0.5, 0.6) is 0 Å². The third-order valence-electron chi connectivity index (χ3n) is 7.81. The van der Waals surface area contributed by atoms with Gasteiger partial charge in [0.1, 0.15) is 5.82 Å². The summed E-state index contributed by atoms with van der Waals surface area (Å²) in [5, 5.41) is 3.81. The van der Waals surface area contributed by atoms with Crippen molar-refractivity contribution in [2.45, 2.75) is 25.4 Å². The highest BCUT2D eigenvalue weighted by molar-refractivity contribution is 6.12. The third-order valence-corrected chi connectivity index (χ3v) is 7.81. The van der Waals surface area contributed by atoms with E-state index in [1.165, 1.54) is 0 Å². The maximum Gasteiger partial charge on any atom is 0.416 e. The number of benzene rings is 3. The maximum atomic E-state index is 13.9. The summed E-state index contributed by atoms with van der Waals surface area (Å²) in [6, 6.07) is 15.3. The third kappa shape index (κ3) is 4.37. The van der Waals surface area contributed by atoms with Gasteiger partial charge in [-0.05, 0) is 55.8 Å². The number of carbonyl (C=O) groups excluding carboxylic acids is 2. The molecule has 0 spiro atoms. The van der Waals surface area contributed by atoms with E-state index in [9.17, 15) is 27.2 Å². The summed E-state index contributed by atoms with van der Waals surface area (Å²) in [6.07, 6.45) is -2.91. The average Bonchev–Trinajstić information content (AvgIpc) is 3.36. The van der Waals surface area contributed by atoms with Crippen molar-refractivity contribution >= 4 is 39.8 Å². The molecule has 6 rings (SSSR count). The molecule has 3 heterocycles. The van der Waals surface area contributed by atoms with Crippen molar-refractivity contribution in [3.8, 4) is 0 Å². The smallest absolute Gasteiger partial charge is 0.371 e. The minimum absolute atomic E-state index is 0.0352. The molecular formula is C30H26F4N4O2. The first-order chi connectivity index (χ1) is 18.9. The van der Waals surface area contributed by atoms with Crippen LogP contribution in [0.1, 0.15) is 35.3 Å². The van der Waals surface area contributed by atoms with E-state index >= 15 is 0 Å². The number of rotatable bonds is 5. The van der Waals surface area contributed by atoms with Crippen LogP contribution in [0.4, 0.5) is 34.6 Å². The molecule has 2 aliphatic rings. The first kappa shape index (κ1) is 25.9. The highest BCUT2D eigenvalue weighted by Gasteiger charge is 2.45. The van der Waals surface area contributed by atoms with Gasteiger partial charge in [-0.1, -0.05) is 24.3 Å². The number of aromatic nitrogens is 1. The SMILES string of the molecule is CC1(C)C(=O)N(CC2CN(c3cc(F)cc(C(F)(F)F)c3)C2)c2cc(C(=O)Nc3c[nH]c4ccccc34)ccc21. The van der Waals surface area contributed by atoms with E-state index in [2.05, 4.69) is 10.3 Å². The molecular weight excluding hydrogens is 524 g/mol. The number of hydrogen-bond acceptors (Lipinski definition) is 3. The molecule has 0 atom stereocenters. The zero-order valence-electron chi connectivity index (χ0n) is 21.8. The van der Waals surface area contributed by atoms with Gasteiger partial charge < -0.3 is 20.1 Å². The van der Waals surface area contributed by atoms with Crippen molar-refractivity contribution in [2.75, 3.05) is 34.8 Å². The van der Waals surface area contributed by atoms with Gasteiger partial charge in [0.05, 0.1) is 16.7 Å². The van der Waals surface area contributed by atoms with E-state index in [1.807, 2.05) is 38.1 Å². The molecule has 0 saturated carbocycles.